The fraction of sp³-hybridized carbons (Fsp3) is 0.409. The van der Waals surface area contributed by atoms with Crippen LogP contribution in [0.25, 0.3) is 5.70 Å². The van der Waals surface area contributed by atoms with Gasteiger partial charge in [0.1, 0.15) is 6.61 Å². The van der Waals surface area contributed by atoms with E-state index in [0.717, 1.165) is 41.2 Å². The molecule has 0 unspecified atom stereocenters. The topological polar surface area (TPSA) is 82.6 Å². The number of rotatable bonds is 5. The third kappa shape index (κ3) is 4.09. The molecule has 0 radical (unpaired) electrons. The van der Waals surface area contributed by atoms with Gasteiger partial charge in [-0.05, 0) is 36.6 Å². The first kappa shape index (κ1) is 20.2. The molecule has 158 valence electrons. The standard InChI is InChI=1S/C22H28N6O2/c1-14(2)22(29)28-8-7-16-9-20(24-11-18(16)12-28)30-13-19-21(25-26-27(19)4)17-6-5-15(3)23-10-17/h5-6,9-11,14,25-26H,7-8,12-13H2,1-4H3. The number of aromatic nitrogens is 2. The zero-order valence-corrected chi connectivity index (χ0v) is 17.9. The lowest BCUT2D eigenvalue weighted by molar-refractivity contribution is -0.135. The van der Waals surface area contributed by atoms with Gasteiger partial charge in [0.25, 0.3) is 0 Å². The minimum Gasteiger partial charge on any atom is -0.471 e. The highest BCUT2D eigenvalue weighted by molar-refractivity contribution is 5.78. The van der Waals surface area contributed by atoms with Gasteiger partial charge in [-0.1, -0.05) is 13.8 Å². The second-order valence-electron chi connectivity index (χ2n) is 8.05. The van der Waals surface area contributed by atoms with E-state index >= 15 is 0 Å². The van der Waals surface area contributed by atoms with Gasteiger partial charge >= 0.3 is 0 Å². The third-order valence-corrected chi connectivity index (χ3v) is 5.47. The van der Waals surface area contributed by atoms with Gasteiger partial charge in [0.2, 0.25) is 11.8 Å². The van der Waals surface area contributed by atoms with Crippen LogP contribution in [0.1, 0.15) is 36.2 Å². The smallest absolute Gasteiger partial charge is 0.225 e. The molecule has 0 saturated heterocycles. The number of hydrogen-bond donors (Lipinski definition) is 2. The number of fused-ring (bicyclic) bond motifs is 1. The summed E-state index contributed by atoms with van der Waals surface area (Å²) in [4.78, 5) is 23.0. The SMILES string of the molecule is Cc1ccc(C2=C(COc3cc4c(cn3)CN(C(=O)C(C)C)CC4)N(C)NN2)cn1. The highest BCUT2D eigenvalue weighted by Gasteiger charge is 2.24. The van der Waals surface area contributed by atoms with Crippen LogP contribution >= 0.6 is 0 Å². The van der Waals surface area contributed by atoms with Gasteiger partial charge in [-0.2, -0.15) is 0 Å². The number of nitrogens with one attached hydrogen (secondary N) is 2. The van der Waals surface area contributed by atoms with Crippen LogP contribution in [0.5, 0.6) is 5.88 Å². The van der Waals surface area contributed by atoms with Crippen molar-refractivity contribution >= 4 is 11.6 Å². The molecule has 8 heteroatoms. The van der Waals surface area contributed by atoms with E-state index in [4.69, 9.17) is 4.74 Å². The van der Waals surface area contributed by atoms with Gasteiger partial charge in [-0.25, -0.2) is 4.98 Å². The molecule has 0 aliphatic carbocycles. The molecule has 2 N–H and O–H groups in total. The summed E-state index contributed by atoms with van der Waals surface area (Å²) in [5.74, 6) is 0.792. The normalized spacial score (nSPS) is 16.0. The first-order chi connectivity index (χ1) is 14.4. The zero-order valence-electron chi connectivity index (χ0n) is 17.9. The maximum absolute atomic E-state index is 12.3. The molecule has 0 bridgehead atoms. The van der Waals surface area contributed by atoms with Gasteiger partial charge in [-0.3, -0.25) is 14.8 Å². The number of carbonyl (C=O) groups is 1. The minimum atomic E-state index is 0.0129. The van der Waals surface area contributed by atoms with E-state index in [1.54, 1.807) is 0 Å². The number of ether oxygens (including phenoxy) is 1. The van der Waals surface area contributed by atoms with Crippen LogP contribution < -0.4 is 15.7 Å². The van der Waals surface area contributed by atoms with Crippen LogP contribution in [0.3, 0.4) is 0 Å². The molecule has 1 amide bonds. The Morgan fingerprint density at radius 3 is 2.80 bits per heavy atom. The van der Waals surface area contributed by atoms with Crippen LogP contribution in [-0.4, -0.2) is 46.0 Å². The molecule has 0 atom stereocenters. The molecule has 0 fully saturated rings. The molecule has 2 aromatic rings. The molecule has 2 aromatic heterocycles. The van der Waals surface area contributed by atoms with Gasteiger partial charge < -0.3 is 15.1 Å². The van der Waals surface area contributed by atoms with Crippen molar-refractivity contribution in [3.05, 3.63) is 58.7 Å². The maximum atomic E-state index is 12.3. The first-order valence-corrected chi connectivity index (χ1v) is 10.2. The fourth-order valence-corrected chi connectivity index (χ4v) is 3.66. The van der Waals surface area contributed by atoms with Crippen molar-refractivity contribution in [1.82, 2.24) is 30.8 Å². The summed E-state index contributed by atoms with van der Waals surface area (Å²) in [6.45, 7) is 7.56. The Morgan fingerprint density at radius 2 is 2.07 bits per heavy atom. The number of hydrogen-bond acceptors (Lipinski definition) is 7. The maximum Gasteiger partial charge on any atom is 0.225 e. The highest BCUT2D eigenvalue weighted by atomic mass is 16.5. The fourth-order valence-electron chi connectivity index (χ4n) is 3.66. The van der Waals surface area contributed by atoms with Crippen LogP contribution in [0.2, 0.25) is 0 Å². The second kappa shape index (κ2) is 8.31. The average Bonchev–Trinajstić information content (AvgIpc) is 3.12. The van der Waals surface area contributed by atoms with Crippen molar-refractivity contribution in [2.24, 2.45) is 5.92 Å². The van der Waals surface area contributed by atoms with E-state index in [9.17, 15) is 4.79 Å². The number of nitrogens with zero attached hydrogens (tertiary/aromatic N) is 4. The number of pyridine rings is 2. The van der Waals surface area contributed by atoms with E-state index < -0.39 is 0 Å². The summed E-state index contributed by atoms with van der Waals surface area (Å²) in [6, 6.07) is 6.02. The Labute approximate surface area is 176 Å². The molecule has 4 heterocycles. The molecule has 0 aromatic carbocycles. The Hall–Kier alpha value is -3.13. The average molecular weight is 409 g/mol. The number of carbonyl (C=O) groups excluding carboxylic acids is 1. The summed E-state index contributed by atoms with van der Waals surface area (Å²) < 4.78 is 6.02. The van der Waals surface area contributed by atoms with Crippen LogP contribution in [0.15, 0.2) is 36.3 Å². The van der Waals surface area contributed by atoms with Crippen molar-refractivity contribution in [3.63, 3.8) is 0 Å². The van der Waals surface area contributed by atoms with E-state index in [2.05, 4.69) is 20.9 Å². The van der Waals surface area contributed by atoms with E-state index in [1.807, 2.05) is 68.3 Å². The van der Waals surface area contributed by atoms with E-state index in [1.165, 1.54) is 5.56 Å². The van der Waals surface area contributed by atoms with Crippen molar-refractivity contribution in [2.75, 3.05) is 20.2 Å². The minimum absolute atomic E-state index is 0.0129. The monoisotopic (exact) mass is 408 g/mol. The summed E-state index contributed by atoms with van der Waals surface area (Å²) >= 11 is 0. The van der Waals surface area contributed by atoms with Gasteiger partial charge in [0, 0.05) is 55.8 Å². The zero-order chi connectivity index (χ0) is 21.3. The van der Waals surface area contributed by atoms with Gasteiger partial charge in [0.05, 0.1) is 11.4 Å². The van der Waals surface area contributed by atoms with Crippen LogP contribution in [0.4, 0.5) is 0 Å². The number of hydrazine groups is 2. The molecular formula is C22H28N6O2. The van der Waals surface area contributed by atoms with Crippen molar-refractivity contribution in [3.8, 4) is 5.88 Å². The van der Waals surface area contributed by atoms with E-state index in [-0.39, 0.29) is 11.8 Å². The number of amides is 1. The highest BCUT2D eigenvalue weighted by Crippen LogP contribution is 2.25. The van der Waals surface area contributed by atoms with Crippen molar-refractivity contribution < 1.29 is 9.53 Å². The van der Waals surface area contributed by atoms with Crippen LogP contribution in [-0.2, 0) is 17.8 Å². The lowest BCUT2D eigenvalue weighted by Gasteiger charge is -2.30. The summed E-state index contributed by atoms with van der Waals surface area (Å²) in [6.07, 6.45) is 4.50. The molecule has 0 spiro atoms. The summed E-state index contributed by atoms with van der Waals surface area (Å²) in [7, 11) is 1.93. The number of likely N-dealkylation sites (N-methyl/N-ethyl adjacent to an activating group) is 1. The molecule has 30 heavy (non-hydrogen) atoms. The molecule has 2 aliphatic heterocycles. The van der Waals surface area contributed by atoms with Crippen LogP contribution in [0, 0.1) is 12.8 Å². The molecule has 4 rings (SSSR count). The molecular weight excluding hydrogens is 380 g/mol. The Balaban J connectivity index is 1.47. The first-order valence-electron chi connectivity index (χ1n) is 10.2. The Bertz CT molecular complexity index is 970. The molecule has 0 saturated carbocycles. The molecule has 2 aliphatic rings. The quantitative estimate of drug-likeness (QED) is 0.783. The largest absolute Gasteiger partial charge is 0.471 e. The Kier molecular flexibility index (Phi) is 5.59. The summed E-state index contributed by atoms with van der Waals surface area (Å²) in [5.41, 5.74) is 12.4. The number of aryl methyl sites for hydroxylation is 1. The predicted molar refractivity (Wildman–Crippen MR) is 114 cm³/mol. The lowest BCUT2D eigenvalue weighted by Crippen LogP contribution is -2.38. The van der Waals surface area contributed by atoms with Gasteiger partial charge in [0.15, 0.2) is 0 Å². The summed E-state index contributed by atoms with van der Waals surface area (Å²) in [5, 5.41) is 1.89. The lowest BCUT2D eigenvalue weighted by atomic mass is 10.0. The van der Waals surface area contributed by atoms with Gasteiger partial charge in [-0.15, -0.1) is 5.53 Å². The Morgan fingerprint density at radius 1 is 1.23 bits per heavy atom. The molecule has 8 nitrogen and oxygen atoms in total. The van der Waals surface area contributed by atoms with Crippen molar-refractivity contribution in [1.29, 1.82) is 0 Å². The second-order valence-corrected chi connectivity index (χ2v) is 8.05. The van der Waals surface area contributed by atoms with E-state index in [0.29, 0.717) is 19.0 Å². The van der Waals surface area contributed by atoms with Crippen molar-refractivity contribution in [2.45, 2.75) is 33.7 Å². The third-order valence-electron chi connectivity index (χ3n) is 5.47. The predicted octanol–water partition coefficient (Wildman–Crippen LogP) is 2.03.